The lowest BCUT2D eigenvalue weighted by Gasteiger charge is -2.20. The summed E-state index contributed by atoms with van der Waals surface area (Å²) < 4.78 is 15.4. The van der Waals surface area contributed by atoms with Crippen LogP contribution in [0.3, 0.4) is 0 Å². The molecule has 0 radical (unpaired) electrons. The number of aromatic nitrogens is 1. The zero-order valence-corrected chi connectivity index (χ0v) is 19.1. The van der Waals surface area contributed by atoms with Crippen LogP contribution in [0.25, 0.3) is 11.8 Å². The highest BCUT2D eigenvalue weighted by molar-refractivity contribution is 8.27. The molecule has 0 saturated carbocycles. The van der Waals surface area contributed by atoms with Crippen LogP contribution in [0.2, 0.25) is 0 Å². The van der Waals surface area contributed by atoms with Crippen molar-refractivity contribution in [2.75, 3.05) is 0 Å². The molecule has 0 saturated heterocycles. The summed E-state index contributed by atoms with van der Waals surface area (Å²) in [6.07, 6.45) is 1.71. The van der Waals surface area contributed by atoms with Gasteiger partial charge in [0.1, 0.15) is 10.9 Å². The normalized spacial score (nSPS) is 16.8. The lowest BCUT2D eigenvalue weighted by molar-refractivity contribution is -0.114. The average molecular weight is 458 g/mol. The van der Waals surface area contributed by atoms with Gasteiger partial charge in [0.25, 0.3) is 5.91 Å². The molecule has 0 unspecified atom stereocenters. The molecule has 0 aliphatic carbocycles. The first kappa shape index (κ1) is 21.1. The summed E-state index contributed by atoms with van der Waals surface area (Å²) in [5.41, 5.74) is 5.94. The number of benzene rings is 2. The van der Waals surface area contributed by atoms with Crippen molar-refractivity contribution in [2.24, 2.45) is 10.1 Å². The quantitative estimate of drug-likeness (QED) is 0.549. The Labute approximate surface area is 194 Å². The highest BCUT2D eigenvalue weighted by Gasteiger charge is 2.36. The number of hydrazone groups is 1. The molecule has 2 aliphatic heterocycles. The third kappa shape index (κ3) is 3.62. The second kappa shape index (κ2) is 7.97. The van der Waals surface area contributed by atoms with Gasteiger partial charge in [0, 0.05) is 22.6 Å². The van der Waals surface area contributed by atoms with Gasteiger partial charge in [-0.3, -0.25) is 10.2 Å². The maximum Gasteiger partial charge on any atom is 0.283 e. The largest absolute Gasteiger partial charge is 0.318 e. The maximum atomic E-state index is 13.3. The van der Waals surface area contributed by atoms with Crippen LogP contribution in [0.15, 0.2) is 70.3 Å². The van der Waals surface area contributed by atoms with E-state index in [1.807, 2.05) is 32.0 Å². The van der Waals surface area contributed by atoms with E-state index < -0.39 is 5.91 Å². The van der Waals surface area contributed by atoms with E-state index in [9.17, 15) is 9.18 Å². The summed E-state index contributed by atoms with van der Waals surface area (Å²) in [6.45, 7) is 6.07. The van der Waals surface area contributed by atoms with Gasteiger partial charge in [0.15, 0.2) is 5.84 Å². The summed E-state index contributed by atoms with van der Waals surface area (Å²) >= 11 is 1.19. The summed E-state index contributed by atoms with van der Waals surface area (Å²) in [6, 6.07) is 16.0. The third-order valence-corrected chi connectivity index (χ3v) is 6.63. The van der Waals surface area contributed by atoms with Gasteiger partial charge in [-0.25, -0.2) is 4.39 Å². The van der Waals surface area contributed by atoms with Crippen LogP contribution >= 0.6 is 11.8 Å². The Balaban J connectivity index is 1.52. The molecule has 3 aromatic rings. The first-order valence-corrected chi connectivity index (χ1v) is 11.2. The number of amides is 1. The van der Waals surface area contributed by atoms with Gasteiger partial charge in [-0.2, -0.15) is 15.1 Å². The number of aliphatic imine (C=N–C) groups is 1. The predicted octanol–water partition coefficient (Wildman–Crippen LogP) is 5.21. The number of hydrogen-bond acceptors (Lipinski definition) is 4. The van der Waals surface area contributed by atoms with Crippen molar-refractivity contribution >= 4 is 39.8 Å². The molecule has 8 heteroatoms. The van der Waals surface area contributed by atoms with E-state index in [0.717, 1.165) is 28.2 Å². The highest BCUT2D eigenvalue weighted by atomic mass is 32.2. The number of halogens is 1. The Morgan fingerprint density at radius 1 is 1.06 bits per heavy atom. The fourth-order valence-corrected chi connectivity index (χ4v) is 4.87. The molecule has 2 aliphatic rings. The number of fused-ring (bicyclic) bond motifs is 1. The standard InChI is InChI=1S/C25H20FN5OS/c1-14-6-4-5-7-21(14)30-15(2)12-18(16(30)3)13-20-22(27)31-25(28-23(20)32)33-24(29-31)17-8-10-19(26)11-9-17/h4-13,27H,1-3H3. The van der Waals surface area contributed by atoms with Gasteiger partial charge in [0.2, 0.25) is 5.17 Å². The molecule has 164 valence electrons. The SMILES string of the molecule is Cc1ccccc1-n1c(C)cc(C=C2C(=N)N3N=C(c4ccc(F)cc4)SC3=NC2=O)c1C. The van der Waals surface area contributed by atoms with Crippen LogP contribution in [0, 0.1) is 32.0 Å². The molecule has 33 heavy (non-hydrogen) atoms. The maximum absolute atomic E-state index is 13.3. The van der Waals surface area contributed by atoms with Gasteiger partial charge < -0.3 is 4.57 Å². The molecule has 1 amide bonds. The van der Waals surface area contributed by atoms with Crippen molar-refractivity contribution in [2.45, 2.75) is 20.8 Å². The lowest BCUT2D eigenvalue weighted by atomic mass is 10.1. The fourth-order valence-electron chi connectivity index (χ4n) is 3.98. The smallest absolute Gasteiger partial charge is 0.283 e. The van der Waals surface area contributed by atoms with Crippen LogP contribution < -0.4 is 0 Å². The van der Waals surface area contributed by atoms with E-state index in [1.165, 1.54) is 28.9 Å². The lowest BCUT2D eigenvalue weighted by Crippen LogP contribution is -2.35. The van der Waals surface area contributed by atoms with E-state index in [-0.39, 0.29) is 17.2 Å². The number of nitrogens with one attached hydrogen (secondary N) is 1. The van der Waals surface area contributed by atoms with Gasteiger partial charge >= 0.3 is 0 Å². The van der Waals surface area contributed by atoms with Crippen molar-refractivity contribution in [3.05, 3.63) is 94.1 Å². The number of para-hydroxylation sites is 1. The Hall–Kier alpha value is -3.78. The van der Waals surface area contributed by atoms with E-state index in [2.05, 4.69) is 33.7 Å². The number of carbonyl (C=O) groups excluding carboxylic acids is 1. The van der Waals surface area contributed by atoms with Crippen molar-refractivity contribution < 1.29 is 9.18 Å². The zero-order chi connectivity index (χ0) is 23.3. The molecule has 5 rings (SSSR count). The molecule has 6 nitrogen and oxygen atoms in total. The second-order valence-corrected chi connectivity index (χ2v) is 8.84. The molecular formula is C25H20FN5OS. The molecule has 1 N–H and O–H groups in total. The first-order valence-electron chi connectivity index (χ1n) is 10.3. The molecule has 3 heterocycles. The summed E-state index contributed by atoms with van der Waals surface area (Å²) in [5, 5.41) is 15.3. The molecule has 0 fully saturated rings. The average Bonchev–Trinajstić information content (AvgIpc) is 3.33. The van der Waals surface area contributed by atoms with Crippen molar-refractivity contribution in [3.8, 4) is 5.69 Å². The second-order valence-electron chi connectivity index (χ2n) is 7.88. The van der Waals surface area contributed by atoms with Crippen LogP contribution in [0.1, 0.15) is 28.1 Å². The monoisotopic (exact) mass is 457 g/mol. The van der Waals surface area contributed by atoms with Crippen LogP contribution in [-0.4, -0.2) is 31.5 Å². The first-order chi connectivity index (χ1) is 15.8. The minimum absolute atomic E-state index is 0.0321. The van der Waals surface area contributed by atoms with E-state index in [4.69, 9.17) is 5.41 Å². The van der Waals surface area contributed by atoms with Crippen LogP contribution in [0.4, 0.5) is 4.39 Å². The molecular weight excluding hydrogens is 437 g/mol. The van der Waals surface area contributed by atoms with Gasteiger partial charge in [-0.05, 0) is 86.1 Å². The predicted molar refractivity (Wildman–Crippen MR) is 130 cm³/mol. The van der Waals surface area contributed by atoms with E-state index in [1.54, 1.807) is 18.2 Å². The van der Waals surface area contributed by atoms with Gasteiger partial charge in [-0.1, -0.05) is 18.2 Å². The van der Waals surface area contributed by atoms with Gasteiger partial charge in [-0.15, -0.1) is 0 Å². The number of rotatable bonds is 3. The summed E-state index contributed by atoms with van der Waals surface area (Å²) in [5.74, 6) is -0.848. The Bertz CT molecular complexity index is 1420. The number of carbonyl (C=O) groups is 1. The van der Waals surface area contributed by atoms with Crippen molar-refractivity contribution in [1.29, 1.82) is 5.41 Å². The fraction of sp³-hybridized carbons (Fsp3) is 0.120. The van der Waals surface area contributed by atoms with Crippen molar-refractivity contribution in [3.63, 3.8) is 0 Å². The van der Waals surface area contributed by atoms with Crippen molar-refractivity contribution in [1.82, 2.24) is 9.58 Å². The van der Waals surface area contributed by atoms with Gasteiger partial charge in [0.05, 0.1) is 5.57 Å². The Kier molecular flexibility index (Phi) is 5.09. The summed E-state index contributed by atoms with van der Waals surface area (Å²) in [7, 11) is 0. The Morgan fingerprint density at radius 2 is 1.79 bits per heavy atom. The van der Waals surface area contributed by atoms with Crippen LogP contribution in [-0.2, 0) is 4.79 Å². The zero-order valence-electron chi connectivity index (χ0n) is 18.3. The number of aryl methyl sites for hydroxylation is 2. The minimum atomic E-state index is -0.477. The molecule has 2 aromatic carbocycles. The number of nitrogens with zero attached hydrogens (tertiary/aromatic N) is 4. The molecule has 1 aromatic heterocycles. The third-order valence-electron chi connectivity index (χ3n) is 5.67. The van der Waals surface area contributed by atoms with E-state index in [0.29, 0.717) is 15.8 Å². The molecule has 0 spiro atoms. The van der Waals surface area contributed by atoms with E-state index >= 15 is 0 Å². The number of thioether (sulfide) groups is 1. The summed E-state index contributed by atoms with van der Waals surface area (Å²) in [4.78, 5) is 17.0. The minimum Gasteiger partial charge on any atom is -0.318 e. The molecule has 0 atom stereocenters. The molecule has 0 bridgehead atoms. The topological polar surface area (TPSA) is 73.8 Å². The van der Waals surface area contributed by atoms with Crippen LogP contribution in [0.5, 0.6) is 0 Å². The number of amidine groups is 2. The number of hydrogen-bond donors (Lipinski definition) is 1. The Morgan fingerprint density at radius 3 is 2.52 bits per heavy atom. The highest BCUT2D eigenvalue weighted by Crippen LogP contribution is 2.32.